The second-order valence-electron chi connectivity index (χ2n) is 4.95. The summed E-state index contributed by atoms with van der Waals surface area (Å²) >= 11 is 5.81. The third kappa shape index (κ3) is 3.96. The molecule has 0 saturated carbocycles. The van der Waals surface area contributed by atoms with Crippen LogP contribution in [0, 0.1) is 17.2 Å². The van der Waals surface area contributed by atoms with Crippen LogP contribution >= 0.6 is 11.6 Å². The third-order valence-electron chi connectivity index (χ3n) is 3.59. The first kappa shape index (κ1) is 15.3. The standard InChI is InChI=1S/C15H16ClN3O2/c16-13-3-1-12(2-4-13)15(21)19-9-5-11(6-10-19)14(20)18-8-7-17/h1-4,11H,5-6,8-10H2,(H,18,20). The lowest BCUT2D eigenvalue weighted by atomic mass is 9.95. The second-order valence-corrected chi connectivity index (χ2v) is 5.39. The number of rotatable bonds is 3. The molecule has 0 atom stereocenters. The van der Waals surface area contributed by atoms with E-state index in [2.05, 4.69) is 5.32 Å². The molecule has 1 heterocycles. The van der Waals surface area contributed by atoms with Gasteiger partial charge in [-0.1, -0.05) is 11.6 Å². The molecule has 1 saturated heterocycles. The van der Waals surface area contributed by atoms with Gasteiger partial charge in [0.15, 0.2) is 0 Å². The summed E-state index contributed by atoms with van der Waals surface area (Å²) in [5.74, 6) is -0.259. The molecule has 1 aliphatic heterocycles. The van der Waals surface area contributed by atoms with Crippen molar-refractivity contribution in [3.63, 3.8) is 0 Å². The summed E-state index contributed by atoms with van der Waals surface area (Å²) < 4.78 is 0. The molecule has 1 aliphatic rings. The molecule has 1 fully saturated rings. The first-order valence-corrected chi connectivity index (χ1v) is 7.19. The Hall–Kier alpha value is -2.06. The van der Waals surface area contributed by atoms with Gasteiger partial charge in [0.05, 0.1) is 6.07 Å². The van der Waals surface area contributed by atoms with Crippen LogP contribution in [0.4, 0.5) is 0 Å². The number of carbonyl (C=O) groups is 2. The zero-order valence-corrected chi connectivity index (χ0v) is 12.3. The lowest BCUT2D eigenvalue weighted by molar-refractivity contribution is -0.126. The van der Waals surface area contributed by atoms with Crippen LogP contribution < -0.4 is 5.32 Å². The van der Waals surface area contributed by atoms with Gasteiger partial charge in [0.2, 0.25) is 5.91 Å². The number of piperidine rings is 1. The van der Waals surface area contributed by atoms with Gasteiger partial charge < -0.3 is 10.2 Å². The number of likely N-dealkylation sites (tertiary alicyclic amines) is 1. The molecule has 5 nitrogen and oxygen atoms in total. The molecule has 21 heavy (non-hydrogen) atoms. The predicted octanol–water partition coefficient (Wildman–Crippen LogP) is 1.83. The summed E-state index contributed by atoms with van der Waals surface area (Å²) in [5, 5.41) is 11.6. The van der Waals surface area contributed by atoms with Gasteiger partial charge >= 0.3 is 0 Å². The van der Waals surface area contributed by atoms with E-state index in [0.29, 0.717) is 36.5 Å². The SMILES string of the molecule is N#CCNC(=O)C1CCN(C(=O)c2ccc(Cl)cc2)CC1. The summed E-state index contributed by atoms with van der Waals surface area (Å²) in [4.78, 5) is 25.8. The van der Waals surface area contributed by atoms with Crippen molar-refractivity contribution >= 4 is 23.4 Å². The molecule has 2 rings (SSSR count). The van der Waals surface area contributed by atoms with Gasteiger partial charge in [-0.15, -0.1) is 0 Å². The zero-order valence-electron chi connectivity index (χ0n) is 11.5. The number of nitrogens with zero attached hydrogens (tertiary/aromatic N) is 2. The first-order chi connectivity index (χ1) is 10.1. The van der Waals surface area contributed by atoms with E-state index in [1.165, 1.54) is 0 Å². The molecule has 0 radical (unpaired) electrons. The minimum absolute atomic E-state index is 0.0305. The molecule has 1 aromatic carbocycles. The Morgan fingerprint density at radius 3 is 2.48 bits per heavy atom. The van der Waals surface area contributed by atoms with Crippen molar-refractivity contribution in [3.05, 3.63) is 34.9 Å². The van der Waals surface area contributed by atoms with Crippen LogP contribution in [0.3, 0.4) is 0 Å². The van der Waals surface area contributed by atoms with Crippen LogP contribution in [0.2, 0.25) is 5.02 Å². The van der Waals surface area contributed by atoms with Crippen molar-refractivity contribution < 1.29 is 9.59 Å². The quantitative estimate of drug-likeness (QED) is 0.866. The number of hydrogen-bond donors (Lipinski definition) is 1. The van der Waals surface area contributed by atoms with Crippen LogP contribution in [0.1, 0.15) is 23.2 Å². The second kappa shape index (κ2) is 7.09. The summed E-state index contributed by atoms with van der Waals surface area (Å²) in [7, 11) is 0. The van der Waals surface area contributed by atoms with E-state index in [4.69, 9.17) is 16.9 Å². The fourth-order valence-electron chi connectivity index (χ4n) is 2.39. The lowest BCUT2D eigenvalue weighted by Crippen LogP contribution is -2.43. The molecule has 1 aromatic rings. The minimum atomic E-state index is -0.118. The largest absolute Gasteiger partial charge is 0.343 e. The van der Waals surface area contributed by atoms with Crippen LogP contribution in [0.15, 0.2) is 24.3 Å². The van der Waals surface area contributed by atoms with Crippen LogP contribution in [-0.4, -0.2) is 36.3 Å². The number of hydrogen-bond acceptors (Lipinski definition) is 3. The average molecular weight is 306 g/mol. The molecule has 2 amide bonds. The lowest BCUT2D eigenvalue weighted by Gasteiger charge is -2.31. The molecular formula is C15H16ClN3O2. The van der Waals surface area contributed by atoms with Crippen molar-refractivity contribution in [1.29, 1.82) is 5.26 Å². The number of halogens is 1. The van der Waals surface area contributed by atoms with Crippen LogP contribution in [0.25, 0.3) is 0 Å². The Bertz CT molecular complexity index is 557. The predicted molar refractivity (Wildman–Crippen MR) is 78.7 cm³/mol. The van der Waals surface area contributed by atoms with Gasteiger partial charge in [-0.05, 0) is 37.1 Å². The van der Waals surface area contributed by atoms with Gasteiger partial charge in [-0.25, -0.2) is 0 Å². The maximum absolute atomic E-state index is 12.3. The van der Waals surface area contributed by atoms with Crippen molar-refractivity contribution in [1.82, 2.24) is 10.2 Å². The number of nitrogens with one attached hydrogen (secondary N) is 1. The molecule has 0 spiro atoms. The molecular weight excluding hydrogens is 290 g/mol. The third-order valence-corrected chi connectivity index (χ3v) is 3.84. The maximum atomic E-state index is 12.3. The van der Waals surface area contributed by atoms with Gasteiger partial charge in [0, 0.05) is 29.6 Å². The van der Waals surface area contributed by atoms with Gasteiger partial charge in [0.25, 0.3) is 5.91 Å². The maximum Gasteiger partial charge on any atom is 0.253 e. The Labute approximate surface area is 128 Å². The van der Waals surface area contributed by atoms with Crippen LogP contribution in [0.5, 0.6) is 0 Å². The van der Waals surface area contributed by atoms with Gasteiger partial charge in [-0.2, -0.15) is 5.26 Å². The molecule has 0 unspecified atom stereocenters. The summed E-state index contributed by atoms with van der Waals surface area (Å²) in [6.45, 7) is 1.13. The van der Waals surface area contributed by atoms with Crippen LogP contribution in [-0.2, 0) is 4.79 Å². The fourth-order valence-corrected chi connectivity index (χ4v) is 2.52. The number of benzene rings is 1. The number of nitriles is 1. The normalized spacial score (nSPS) is 15.3. The van der Waals surface area contributed by atoms with Crippen molar-refractivity contribution in [2.45, 2.75) is 12.8 Å². The molecule has 0 aromatic heterocycles. The minimum Gasteiger partial charge on any atom is -0.343 e. The molecule has 6 heteroatoms. The van der Waals surface area contributed by atoms with E-state index in [9.17, 15) is 9.59 Å². The molecule has 110 valence electrons. The first-order valence-electron chi connectivity index (χ1n) is 6.81. The Morgan fingerprint density at radius 2 is 1.90 bits per heavy atom. The van der Waals surface area contributed by atoms with E-state index in [-0.39, 0.29) is 24.3 Å². The molecule has 0 aliphatic carbocycles. The van der Waals surface area contributed by atoms with Gasteiger partial charge in [-0.3, -0.25) is 9.59 Å². The number of carbonyl (C=O) groups excluding carboxylic acids is 2. The highest BCUT2D eigenvalue weighted by atomic mass is 35.5. The highest BCUT2D eigenvalue weighted by Crippen LogP contribution is 2.20. The molecule has 1 N–H and O–H groups in total. The van der Waals surface area contributed by atoms with Gasteiger partial charge in [0.1, 0.15) is 6.54 Å². The topological polar surface area (TPSA) is 73.2 Å². The van der Waals surface area contributed by atoms with Crippen molar-refractivity contribution in [3.8, 4) is 6.07 Å². The average Bonchev–Trinajstić information content (AvgIpc) is 2.53. The summed E-state index contributed by atoms with van der Waals surface area (Å²) in [5.41, 5.74) is 0.604. The van der Waals surface area contributed by atoms with E-state index < -0.39 is 0 Å². The van der Waals surface area contributed by atoms with E-state index >= 15 is 0 Å². The summed E-state index contributed by atoms with van der Waals surface area (Å²) in [6, 6.07) is 8.68. The summed E-state index contributed by atoms with van der Waals surface area (Å²) in [6.07, 6.45) is 1.24. The van der Waals surface area contributed by atoms with Crippen molar-refractivity contribution in [2.24, 2.45) is 5.92 Å². The smallest absolute Gasteiger partial charge is 0.253 e. The Morgan fingerprint density at radius 1 is 1.29 bits per heavy atom. The highest BCUT2D eigenvalue weighted by molar-refractivity contribution is 6.30. The fraction of sp³-hybridized carbons (Fsp3) is 0.400. The monoisotopic (exact) mass is 305 g/mol. The molecule has 0 bridgehead atoms. The van der Waals surface area contributed by atoms with E-state index in [1.807, 2.05) is 6.07 Å². The zero-order chi connectivity index (χ0) is 15.2. The number of amides is 2. The Balaban J connectivity index is 1.89. The van der Waals surface area contributed by atoms with E-state index in [1.54, 1.807) is 29.2 Å². The van der Waals surface area contributed by atoms with E-state index in [0.717, 1.165) is 0 Å². The highest BCUT2D eigenvalue weighted by Gasteiger charge is 2.27. The Kier molecular flexibility index (Phi) is 5.18. The van der Waals surface area contributed by atoms with Crippen molar-refractivity contribution in [2.75, 3.05) is 19.6 Å².